The SMILES string of the molecule is CC1(C#N)NC(Cl)=C(Cl)N1OCCCl. The van der Waals surface area contributed by atoms with Crippen molar-refractivity contribution in [1.82, 2.24) is 10.4 Å². The first-order chi connectivity index (χ1) is 6.55. The van der Waals surface area contributed by atoms with Gasteiger partial charge in [-0.15, -0.1) is 11.6 Å². The van der Waals surface area contributed by atoms with Crippen LogP contribution in [0.1, 0.15) is 6.92 Å². The van der Waals surface area contributed by atoms with Gasteiger partial charge in [-0.2, -0.15) is 5.26 Å². The van der Waals surface area contributed by atoms with Gasteiger partial charge in [0.05, 0.1) is 6.61 Å². The van der Waals surface area contributed by atoms with E-state index in [4.69, 9.17) is 44.9 Å². The average molecular weight is 257 g/mol. The standard InChI is InChI=1S/C7H8Cl3N3O/c1-7(4-11)12-5(9)6(10)13(7)14-3-2-8/h12H,2-3H2,1H3. The minimum Gasteiger partial charge on any atom is -0.337 e. The highest BCUT2D eigenvalue weighted by molar-refractivity contribution is 6.39. The predicted octanol–water partition coefficient (Wildman–Crippen LogP) is 1.91. The van der Waals surface area contributed by atoms with Gasteiger partial charge in [-0.3, -0.25) is 4.84 Å². The number of nitrogens with one attached hydrogen (secondary N) is 1. The highest BCUT2D eigenvalue weighted by Gasteiger charge is 2.42. The lowest BCUT2D eigenvalue weighted by Gasteiger charge is -2.29. The van der Waals surface area contributed by atoms with Crippen LogP contribution >= 0.6 is 34.8 Å². The highest BCUT2D eigenvalue weighted by atomic mass is 35.5. The molecule has 1 atom stereocenters. The Morgan fingerprint density at radius 2 is 2.29 bits per heavy atom. The largest absolute Gasteiger partial charge is 0.337 e. The Kier molecular flexibility index (Phi) is 3.73. The Morgan fingerprint density at radius 1 is 1.64 bits per heavy atom. The molecule has 0 spiro atoms. The van der Waals surface area contributed by atoms with Gasteiger partial charge in [0.1, 0.15) is 11.2 Å². The van der Waals surface area contributed by atoms with E-state index in [-0.39, 0.29) is 16.9 Å². The van der Waals surface area contributed by atoms with Crippen LogP contribution in [0.2, 0.25) is 0 Å². The van der Waals surface area contributed by atoms with Crippen LogP contribution in [0.3, 0.4) is 0 Å². The molecule has 0 aliphatic carbocycles. The Hall–Kier alpha value is -0.340. The van der Waals surface area contributed by atoms with Crippen LogP contribution in [-0.4, -0.2) is 23.2 Å². The lowest BCUT2D eigenvalue weighted by molar-refractivity contribution is -0.161. The van der Waals surface area contributed by atoms with Crippen LogP contribution in [0.15, 0.2) is 10.3 Å². The molecule has 1 heterocycles. The van der Waals surface area contributed by atoms with Crippen molar-refractivity contribution in [2.24, 2.45) is 0 Å². The van der Waals surface area contributed by atoms with E-state index in [0.29, 0.717) is 5.88 Å². The predicted molar refractivity (Wildman–Crippen MR) is 54.4 cm³/mol. The molecule has 0 aromatic rings. The van der Waals surface area contributed by atoms with Crippen LogP contribution in [0.4, 0.5) is 0 Å². The fraction of sp³-hybridized carbons (Fsp3) is 0.571. The van der Waals surface area contributed by atoms with Gasteiger partial charge in [0.2, 0.25) is 5.66 Å². The molecule has 1 unspecified atom stereocenters. The summed E-state index contributed by atoms with van der Waals surface area (Å²) in [6, 6.07) is 2.00. The third-order valence-corrected chi connectivity index (χ3v) is 2.50. The Balaban J connectivity index is 2.81. The number of hydroxylamine groups is 2. The highest BCUT2D eigenvalue weighted by Crippen LogP contribution is 2.32. The van der Waals surface area contributed by atoms with Gasteiger partial charge in [-0.1, -0.05) is 23.2 Å². The second kappa shape index (κ2) is 4.45. The van der Waals surface area contributed by atoms with Crippen molar-refractivity contribution in [3.63, 3.8) is 0 Å². The molecule has 0 saturated carbocycles. The first-order valence-electron chi connectivity index (χ1n) is 3.79. The van der Waals surface area contributed by atoms with Crippen LogP contribution in [0.5, 0.6) is 0 Å². The average Bonchev–Trinajstić information content (AvgIpc) is 2.37. The third-order valence-electron chi connectivity index (χ3n) is 1.63. The first kappa shape index (κ1) is 11.7. The maximum atomic E-state index is 8.92. The zero-order valence-electron chi connectivity index (χ0n) is 7.35. The molecule has 0 saturated heterocycles. The number of rotatable bonds is 3. The van der Waals surface area contributed by atoms with E-state index in [1.165, 1.54) is 5.06 Å². The van der Waals surface area contributed by atoms with Crippen molar-refractivity contribution in [3.05, 3.63) is 10.3 Å². The molecule has 1 aliphatic heterocycles. The molecule has 0 aromatic heterocycles. The smallest absolute Gasteiger partial charge is 0.222 e. The first-order valence-corrected chi connectivity index (χ1v) is 5.08. The van der Waals surface area contributed by atoms with Crippen LogP contribution < -0.4 is 5.32 Å². The van der Waals surface area contributed by atoms with E-state index in [1.807, 2.05) is 6.07 Å². The number of hydrogen-bond donors (Lipinski definition) is 1. The lowest BCUT2D eigenvalue weighted by Crippen LogP contribution is -2.48. The molecule has 0 aromatic carbocycles. The van der Waals surface area contributed by atoms with E-state index in [1.54, 1.807) is 6.92 Å². The number of nitrogens with zero attached hydrogens (tertiary/aromatic N) is 2. The van der Waals surface area contributed by atoms with Crippen molar-refractivity contribution in [2.75, 3.05) is 12.5 Å². The topological polar surface area (TPSA) is 48.3 Å². The van der Waals surface area contributed by atoms with Gasteiger partial charge in [0, 0.05) is 5.88 Å². The molecule has 14 heavy (non-hydrogen) atoms. The molecule has 0 radical (unpaired) electrons. The van der Waals surface area contributed by atoms with Gasteiger partial charge in [0.25, 0.3) is 0 Å². The number of nitriles is 1. The summed E-state index contributed by atoms with van der Waals surface area (Å²) in [5.41, 5.74) is -1.08. The number of halogens is 3. The fourth-order valence-corrected chi connectivity index (χ4v) is 1.58. The molecule has 78 valence electrons. The molecule has 0 amide bonds. The minimum atomic E-state index is -1.08. The minimum absolute atomic E-state index is 0.154. The number of hydrogen-bond acceptors (Lipinski definition) is 4. The Bertz CT molecular complexity index is 301. The van der Waals surface area contributed by atoms with Crippen molar-refractivity contribution in [2.45, 2.75) is 12.6 Å². The molecule has 4 nitrogen and oxygen atoms in total. The quantitative estimate of drug-likeness (QED) is 0.619. The summed E-state index contributed by atoms with van der Waals surface area (Å²) >= 11 is 17.0. The van der Waals surface area contributed by atoms with Gasteiger partial charge >= 0.3 is 0 Å². The maximum absolute atomic E-state index is 8.92. The lowest BCUT2D eigenvalue weighted by atomic mass is 10.2. The van der Waals surface area contributed by atoms with E-state index in [2.05, 4.69) is 5.32 Å². The fourth-order valence-electron chi connectivity index (χ4n) is 0.986. The second-order valence-electron chi connectivity index (χ2n) is 2.73. The molecular weight excluding hydrogens is 248 g/mol. The van der Waals surface area contributed by atoms with Crippen LogP contribution in [0.25, 0.3) is 0 Å². The molecule has 7 heteroatoms. The summed E-state index contributed by atoms with van der Waals surface area (Å²) in [7, 11) is 0. The third kappa shape index (κ3) is 2.01. The monoisotopic (exact) mass is 255 g/mol. The summed E-state index contributed by atoms with van der Waals surface area (Å²) in [5.74, 6) is 0.305. The van der Waals surface area contributed by atoms with Gasteiger partial charge in [0.15, 0.2) is 5.16 Å². The molecule has 1 aliphatic rings. The van der Waals surface area contributed by atoms with Crippen molar-refractivity contribution in [1.29, 1.82) is 5.26 Å². The van der Waals surface area contributed by atoms with Crippen molar-refractivity contribution >= 4 is 34.8 Å². The van der Waals surface area contributed by atoms with Gasteiger partial charge < -0.3 is 5.32 Å². The zero-order valence-corrected chi connectivity index (χ0v) is 9.62. The Labute approximate surface area is 96.9 Å². The zero-order chi connectivity index (χ0) is 10.8. The summed E-state index contributed by atoms with van der Waals surface area (Å²) in [4.78, 5) is 5.18. The normalized spacial score (nSPS) is 26.4. The van der Waals surface area contributed by atoms with E-state index in [0.717, 1.165) is 0 Å². The Morgan fingerprint density at radius 3 is 2.79 bits per heavy atom. The molecule has 1 rings (SSSR count). The molecule has 0 fully saturated rings. The summed E-state index contributed by atoms with van der Waals surface area (Å²) in [6.45, 7) is 1.85. The van der Waals surface area contributed by atoms with Crippen molar-refractivity contribution in [3.8, 4) is 6.07 Å². The molecule has 0 bridgehead atoms. The summed E-state index contributed by atoms with van der Waals surface area (Å²) < 4.78 is 0. The maximum Gasteiger partial charge on any atom is 0.222 e. The van der Waals surface area contributed by atoms with E-state index >= 15 is 0 Å². The second-order valence-corrected chi connectivity index (χ2v) is 3.84. The number of alkyl halides is 1. The van der Waals surface area contributed by atoms with E-state index in [9.17, 15) is 0 Å². The molecule has 1 N–H and O–H groups in total. The summed E-state index contributed by atoms with van der Waals surface area (Å²) in [5, 5.41) is 13.2. The summed E-state index contributed by atoms with van der Waals surface area (Å²) in [6.07, 6.45) is 0. The van der Waals surface area contributed by atoms with Crippen LogP contribution in [-0.2, 0) is 4.84 Å². The molecular formula is C7H8Cl3N3O. The van der Waals surface area contributed by atoms with Crippen LogP contribution in [0, 0.1) is 11.3 Å². The van der Waals surface area contributed by atoms with Gasteiger partial charge in [-0.25, -0.2) is 5.06 Å². The van der Waals surface area contributed by atoms with Crippen molar-refractivity contribution < 1.29 is 4.84 Å². The van der Waals surface area contributed by atoms with E-state index < -0.39 is 5.66 Å². The van der Waals surface area contributed by atoms with Gasteiger partial charge in [-0.05, 0) is 6.92 Å².